The number of halogens is 1. The standard InChI is InChI=1S/C22H20FN5O4/c1-25-22(30)18-20(24)26-9-17(28-18)12-3-2-4-13(5-12)21(29)27-8-14-6-16(23)7-15-10-31-11-32-19(14)15/h2-7,9H,8,10-11H2,1H3,(H2,24,26)(H,25,30)(H,27,29). The number of aromatic nitrogens is 2. The fraction of sp³-hybridized carbons (Fsp3) is 0.182. The molecule has 0 saturated heterocycles. The highest BCUT2D eigenvalue weighted by molar-refractivity contribution is 5.97. The van der Waals surface area contributed by atoms with Gasteiger partial charge in [-0.15, -0.1) is 0 Å². The van der Waals surface area contributed by atoms with E-state index in [-0.39, 0.29) is 37.4 Å². The summed E-state index contributed by atoms with van der Waals surface area (Å²) in [6, 6.07) is 9.35. The van der Waals surface area contributed by atoms with Crippen molar-refractivity contribution in [3.8, 4) is 17.0 Å². The van der Waals surface area contributed by atoms with Crippen molar-refractivity contribution in [2.45, 2.75) is 13.2 Å². The zero-order chi connectivity index (χ0) is 22.7. The van der Waals surface area contributed by atoms with Crippen molar-refractivity contribution in [3.63, 3.8) is 0 Å². The van der Waals surface area contributed by atoms with Crippen LogP contribution in [-0.4, -0.2) is 35.6 Å². The van der Waals surface area contributed by atoms with E-state index in [0.717, 1.165) is 0 Å². The number of nitrogen functional groups attached to an aromatic ring is 1. The van der Waals surface area contributed by atoms with E-state index in [1.807, 2.05) is 0 Å². The summed E-state index contributed by atoms with van der Waals surface area (Å²) in [6.07, 6.45) is 1.43. The first-order chi connectivity index (χ1) is 15.5. The molecule has 0 atom stereocenters. The fourth-order valence-electron chi connectivity index (χ4n) is 3.31. The van der Waals surface area contributed by atoms with E-state index in [0.29, 0.717) is 33.7 Å². The summed E-state index contributed by atoms with van der Waals surface area (Å²) in [5, 5.41) is 5.23. The van der Waals surface area contributed by atoms with E-state index < -0.39 is 11.7 Å². The molecule has 0 radical (unpaired) electrons. The van der Waals surface area contributed by atoms with Gasteiger partial charge in [0.15, 0.2) is 18.3 Å². The van der Waals surface area contributed by atoms with Gasteiger partial charge in [-0.25, -0.2) is 14.4 Å². The molecule has 4 N–H and O–H groups in total. The predicted octanol–water partition coefficient (Wildman–Crippen LogP) is 2.02. The second-order valence-electron chi connectivity index (χ2n) is 7.00. The Balaban J connectivity index is 1.54. The highest BCUT2D eigenvalue weighted by atomic mass is 19.1. The summed E-state index contributed by atoms with van der Waals surface area (Å²) in [5.41, 5.74) is 8.18. The highest BCUT2D eigenvalue weighted by Crippen LogP contribution is 2.29. The van der Waals surface area contributed by atoms with Crippen LogP contribution in [0.25, 0.3) is 11.3 Å². The zero-order valence-electron chi connectivity index (χ0n) is 17.1. The van der Waals surface area contributed by atoms with Crippen LogP contribution in [-0.2, 0) is 17.9 Å². The first-order valence-electron chi connectivity index (χ1n) is 9.71. The summed E-state index contributed by atoms with van der Waals surface area (Å²) in [4.78, 5) is 33.0. The Bertz CT molecular complexity index is 1200. The van der Waals surface area contributed by atoms with Gasteiger partial charge in [-0.3, -0.25) is 9.59 Å². The third-order valence-electron chi connectivity index (χ3n) is 4.85. The van der Waals surface area contributed by atoms with E-state index in [4.69, 9.17) is 15.2 Å². The molecular formula is C22H20FN5O4. The van der Waals surface area contributed by atoms with Crippen LogP contribution >= 0.6 is 0 Å². The molecule has 2 amide bonds. The molecule has 1 aromatic heterocycles. The first kappa shape index (κ1) is 21.2. The molecule has 0 saturated carbocycles. The summed E-state index contributed by atoms with van der Waals surface area (Å²) in [6.45, 7) is 0.394. The molecule has 3 aromatic rings. The number of hydrogen-bond acceptors (Lipinski definition) is 7. The number of benzene rings is 2. The van der Waals surface area contributed by atoms with Gasteiger partial charge in [0.05, 0.1) is 18.5 Å². The molecule has 32 heavy (non-hydrogen) atoms. The maximum Gasteiger partial charge on any atom is 0.273 e. The van der Waals surface area contributed by atoms with Gasteiger partial charge in [0.1, 0.15) is 11.6 Å². The van der Waals surface area contributed by atoms with Crippen molar-refractivity contribution in [1.82, 2.24) is 20.6 Å². The number of nitrogens with zero attached hydrogens (tertiary/aromatic N) is 2. The third kappa shape index (κ3) is 4.35. The molecule has 0 unspecified atom stereocenters. The van der Waals surface area contributed by atoms with E-state index in [1.165, 1.54) is 25.4 Å². The number of nitrogens with one attached hydrogen (secondary N) is 2. The largest absolute Gasteiger partial charge is 0.467 e. The Morgan fingerprint density at radius 1 is 1.22 bits per heavy atom. The monoisotopic (exact) mass is 437 g/mol. The van der Waals surface area contributed by atoms with E-state index >= 15 is 0 Å². The molecule has 0 aliphatic carbocycles. The number of nitrogens with two attached hydrogens (primary N) is 1. The number of carbonyl (C=O) groups is 2. The maximum atomic E-state index is 13.9. The molecule has 0 bridgehead atoms. The van der Waals surface area contributed by atoms with Crippen LogP contribution < -0.4 is 21.1 Å². The van der Waals surface area contributed by atoms with Gasteiger partial charge in [-0.1, -0.05) is 12.1 Å². The summed E-state index contributed by atoms with van der Waals surface area (Å²) >= 11 is 0. The molecule has 164 valence electrons. The van der Waals surface area contributed by atoms with Crippen molar-refractivity contribution < 1.29 is 23.5 Å². The molecule has 4 rings (SSSR count). The number of amides is 2. The Kier molecular flexibility index (Phi) is 5.95. The lowest BCUT2D eigenvalue weighted by Crippen LogP contribution is -2.24. The zero-order valence-corrected chi connectivity index (χ0v) is 17.1. The number of fused-ring (bicyclic) bond motifs is 1. The molecule has 1 aliphatic rings. The molecular weight excluding hydrogens is 417 g/mol. The van der Waals surface area contributed by atoms with Crippen molar-refractivity contribution in [3.05, 3.63) is 70.8 Å². The minimum atomic E-state index is -0.461. The molecule has 2 aromatic carbocycles. The second-order valence-corrected chi connectivity index (χ2v) is 7.00. The Morgan fingerprint density at radius 3 is 2.88 bits per heavy atom. The lowest BCUT2D eigenvalue weighted by Gasteiger charge is -2.21. The smallest absolute Gasteiger partial charge is 0.273 e. The topological polar surface area (TPSA) is 128 Å². The van der Waals surface area contributed by atoms with Crippen molar-refractivity contribution >= 4 is 17.6 Å². The predicted molar refractivity (Wildman–Crippen MR) is 113 cm³/mol. The van der Waals surface area contributed by atoms with E-state index in [9.17, 15) is 14.0 Å². The van der Waals surface area contributed by atoms with Crippen LogP contribution in [0.4, 0.5) is 10.2 Å². The minimum absolute atomic E-state index is 0.000267. The average Bonchev–Trinajstić information content (AvgIpc) is 2.82. The number of rotatable bonds is 5. The summed E-state index contributed by atoms with van der Waals surface area (Å²) in [7, 11) is 1.47. The van der Waals surface area contributed by atoms with Crippen molar-refractivity contribution in [2.75, 3.05) is 19.6 Å². The van der Waals surface area contributed by atoms with Gasteiger partial charge < -0.3 is 25.8 Å². The van der Waals surface area contributed by atoms with Crippen molar-refractivity contribution in [2.24, 2.45) is 0 Å². The lowest BCUT2D eigenvalue weighted by atomic mass is 10.1. The lowest BCUT2D eigenvalue weighted by molar-refractivity contribution is -0.0173. The molecule has 1 aliphatic heterocycles. The van der Waals surface area contributed by atoms with Gasteiger partial charge in [0.25, 0.3) is 11.8 Å². The SMILES string of the molecule is CNC(=O)c1nc(-c2cccc(C(=O)NCc3cc(F)cc4c3OCOC4)c2)cnc1N. The van der Waals surface area contributed by atoms with E-state index in [2.05, 4.69) is 20.6 Å². The third-order valence-corrected chi connectivity index (χ3v) is 4.85. The average molecular weight is 437 g/mol. The van der Waals surface area contributed by atoms with Gasteiger partial charge in [-0.2, -0.15) is 0 Å². The van der Waals surface area contributed by atoms with Gasteiger partial charge in [0, 0.05) is 35.8 Å². The normalized spacial score (nSPS) is 12.4. The Hall–Kier alpha value is -4.05. The van der Waals surface area contributed by atoms with Crippen LogP contribution in [0.2, 0.25) is 0 Å². The summed E-state index contributed by atoms with van der Waals surface area (Å²) < 4.78 is 24.6. The van der Waals surface area contributed by atoms with Crippen LogP contribution in [0.1, 0.15) is 32.0 Å². The molecule has 2 heterocycles. The minimum Gasteiger partial charge on any atom is -0.467 e. The Labute approximate surface area is 182 Å². The molecule has 9 nitrogen and oxygen atoms in total. The highest BCUT2D eigenvalue weighted by Gasteiger charge is 2.18. The van der Waals surface area contributed by atoms with Crippen LogP contribution in [0.15, 0.2) is 42.6 Å². The number of carbonyl (C=O) groups excluding carboxylic acids is 2. The molecule has 0 spiro atoms. The second kappa shape index (κ2) is 8.98. The van der Waals surface area contributed by atoms with Gasteiger partial charge in [0.2, 0.25) is 0 Å². The maximum absolute atomic E-state index is 13.9. The van der Waals surface area contributed by atoms with Crippen LogP contribution in [0.3, 0.4) is 0 Å². The quantitative estimate of drug-likeness (QED) is 0.557. The first-order valence-corrected chi connectivity index (χ1v) is 9.71. The van der Waals surface area contributed by atoms with Crippen molar-refractivity contribution in [1.29, 1.82) is 0 Å². The number of hydrogen-bond donors (Lipinski definition) is 3. The number of ether oxygens (including phenoxy) is 2. The Morgan fingerprint density at radius 2 is 2.06 bits per heavy atom. The molecule has 0 fully saturated rings. The van der Waals surface area contributed by atoms with Gasteiger partial charge >= 0.3 is 0 Å². The fourth-order valence-corrected chi connectivity index (χ4v) is 3.31. The van der Waals surface area contributed by atoms with E-state index in [1.54, 1.807) is 24.3 Å². The summed E-state index contributed by atoms with van der Waals surface area (Å²) in [5.74, 6) is -0.736. The molecule has 10 heteroatoms. The van der Waals surface area contributed by atoms with Crippen LogP contribution in [0.5, 0.6) is 5.75 Å². The van der Waals surface area contributed by atoms with Gasteiger partial charge in [-0.05, 0) is 24.3 Å². The van der Waals surface area contributed by atoms with Crippen LogP contribution in [0, 0.1) is 5.82 Å². The number of anilines is 1.